The van der Waals surface area contributed by atoms with Crippen molar-refractivity contribution in [3.05, 3.63) is 30.3 Å². The van der Waals surface area contributed by atoms with Crippen LogP contribution in [-0.2, 0) is 14.2 Å². The average molecular weight is 313 g/mol. The second kappa shape index (κ2) is 5.60. The smallest absolute Gasteiger partial charge is 0.320 e. The number of carboxylic acids is 2. The monoisotopic (exact) mass is 313 g/mol. The molecule has 4 N–H and O–H groups in total. The zero-order chi connectivity index (χ0) is 15.7. The van der Waals surface area contributed by atoms with Gasteiger partial charge in [0, 0.05) is 18.0 Å². The van der Waals surface area contributed by atoms with Gasteiger partial charge in [0.15, 0.2) is 0 Å². The van der Waals surface area contributed by atoms with Crippen LogP contribution in [0.4, 0.5) is 0 Å². The van der Waals surface area contributed by atoms with Gasteiger partial charge in [-0.3, -0.25) is 14.2 Å². The van der Waals surface area contributed by atoms with Crippen molar-refractivity contribution in [2.24, 2.45) is 5.41 Å². The first-order chi connectivity index (χ1) is 9.77. The van der Waals surface area contributed by atoms with E-state index in [0.29, 0.717) is 0 Å². The maximum absolute atomic E-state index is 12.5. The Kier molecular flexibility index (Phi) is 4.18. The molecule has 2 rings (SSSR count). The van der Waals surface area contributed by atoms with Gasteiger partial charge in [-0.2, -0.15) is 0 Å². The number of hydrogen-bond acceptors (Lipinski definition) is 4. The van der Waals surface area contributed by atoms with E-state index in [1.807, 2.05) is 0 Å². The summed E-state index contributed by atoms with van der Waals surface area (Å²) in [7, 11) is -3.88. The number of aliphatic carboxylic acids is 2. The number of nitrogens with one attached hydrogen (secondary N) is 1. The first-order valence-electron chi connectivity index (χ1n) is 6.34. The van der Waals surface area contributed by atoms with Gasteiger partial charge >= 0.3 is 11.9 Å². The predicted octanol–water partition coefficient (Wildman–Crippen LogP) is 0.0998. The molecule has 8 heteroatoms. The summed E-state index contributed by atoms with van der Waals surface area (Å²) >= 11 is 0. The molecular weight excluding hydrogens is 297 g/mol. The van der Waals surface area contributed by atoms with Gasteiger partial charge in [0.2, 0.25) is 7.37 Å². The van der Waals surface area contributed by atoms with Crippen molar-refractivity contribution in [3.63, 3.8) is 0 Å². The summed E-state index contributed by atoms with van der Waals surface area (Å²) in [5.41, 5.74) is -1.55. The Morgan fingerprint density at radius 3 is 2.38 bits per heavy atom. The summed E-state index contributed by atoms with van der Waals surface area (Å²) in [5.74, 6) is -2.42. The molecule has 1 heterocycles. The van der Waals surface area contributed by atoms with Crippen molar-refractivity contribution in [2.45, 2.75) is 12.5 Å². The summed E-state index contributed by atoms with van der Waals surface area (Å²) in [5, 5.41) is 21.1. The summed E-state index contributed by atoms with van der Waals surface area (Å²) in [6.07, 6.45) is -0.703. The van der Waals surface area contributed by atoms with E-state index in [9.17, 15) is 24.2 Å². The molecule has 7 nitrogen and oxygen atoms in total. The third kappa shape index (κ3) is 3.15. The predicted molar refractivity (Wildman–Crippen MR) is 74.9 cm³/mol. The molecule has 0 aromatic heterocycles. The van der Waals surface area contributed by atoms with E-state index in [4.69, 9.17) is 5.11 Å². The van der Waals surface area contributed by atoms with Gasteiger partial charge in [0.25, 0.3) is 0 Å². The van der Waals surface area contributed by atoms with Crippen LogP contribution >= 0.6 is 7.37 Å². The first-order valence-corrected chi connectivity index (χ1v) is 8.18. The molecule has 0 amide bonds. The first kappa shape index (κ1) is 15.7. The Labute approximate surface area is 121 Å². The molecule has 0 saturated carbocycles. The van der Waals surface area contributed by atoms with Crippen molar-refractivity contribution in [2.75, 3.05) is 12.7 Å². The van der Waals surface area contributed by atoms with Gasteiger partial charge in [0.1, 0.15) is 6.04 Å². The lowest BCUT2D eigenvalue weighted by Crippen LogP contribution is -2.38. The number of rotatable bonds is 5. The van der Waals surface area contributed by atoms with Crippen LogP contribution in [0.1, 0.15) is 6.42 Å². The highest BCUT2D eigenvalue weighted by molar-refractivity contribution is 7.66. The van der Waals surface area contributed by atoms with Crippen molar-refractivity contribution >= 4 is 24.6 Å². The molecule has 0 radical (unpaired) electrons. The third-order valence-corrected chi connectivity index (χ3v) is 5.85. The minimum absolute atomic E-state index is 0.142. The Morgan fingerprint density at radius 1 is 1.29 bits per heavy atom. The van der Waals surface area contributed by atoms with Crippen molar-refractivity contribution in [1.82, 2.24) is 5.32 Å². The Hall–Kier alpha value is -1.69. The maximum atomic E-state index is 12.5. The van der Waals surface area contributed by atoms with Crippen molar-refractivity contribution < 1.29 is 29.3 Å². The minimum Gasteiger partial charge on any atom is -0.481 e. The summed E-state index contributed by atoms with van der Waals surface area (Å²) in [4.78, 5) is 32.7. The molecule has 114 valence electrons. The van der Waals surface area contributed by atoms with Crippen LogP contribution in [-0.4, -0.2) is 45.8 Å². The standard InChI is InChI=1S/C13H16NO6P/c15-11(16)10-6-13(7-14-10,12(17)18)8-21(19,20)9-4-2-1-3-5-9/h1-5,10,14H,6-8H2,(H,15,16)(H,17,18)(H,19,20). The van der Waals surface area contributed by atoms with E-state index in [0.717, 1.165) is 0 Å². The van der Waals surface area contributed by atoms with E-state index >= 15 is 0 Å². The van der Waals surface area contributed by atoms with Crippen LogP contribution in [0.2, 0.25) is 0 Å². The lowest BCUT2D eigenvalue weighted by Gasteiger charge is -2.26. The van der Waals surface area contributed by atoms with Crippen LogP contribution in [0.25, 0.3) is 0 Å². The van der Waals surface area contributed by atoms with Crippen molar-refractivity contribution in [3.8, 4) is 0 Å². The van der Waals surface area contributed by atoms with Crippen LogP contribution in [0, 0.1) is 5.41 Å². The topological polar surface area (TPSA) is 124 Å². The number of carbonyl (C=O) groups is 2. The summed E-state index contributed by atoms with van der Waals surface area (Å²) in [6.45, 7) is -0.142. The fourth-order valence-electron chi connectivity index (χ4n) is 2.54. The number of carboxylic acid groups (broad SMARTS) is 2. The van der Waals surface area contributed by atoms with Gasteiger partial charge < -0.3 is 20.4 Å². The minimum atomic E-state index is -3.88. The third-order valence-electron chi connectivity index (χ3n) is 3.71. The van der Waals surface area contributed by atoms with Gasteiger partial charge in [-0.05, 0) is 18.6 Å². The Morgan fingerprint density at radius 2 is 1.90 bits per heavy atom. The second-order valence-corrected chi connectivity index (χ2v) is 7.49. The highest BCUT2D eigenvalue weighted by Gasteiger charge is 2.51. The zero-order valence-electron chi connectivity index (χ0n) is 11.1. The lowest BCUT2D eigenvalue weighted by molar-refractivity contribution is -0.147. The molecular formula is C13H16NO6P. The second-order valence-electron chi connectivity index (χ2n) is 5.26. The van der Waals surface area contributed by atoms with Gasteiger partial charge in [-0.1, -0.05) is 18.2 Å². The van der Waals surface area contributed by atoms with E-state index in [-0.39, 0.29) is 18.3 Å². The van der Waals surface area contributed by atoms with Gasteiger partial charge in [-0.15, -0.1) is 0 Å². The highest BCUT2D eigenvalue weighted by Crippen LogP contribution is 2.48. The zero-order valence-corrected chi connectivity index (χ0v) is 12.0. The maximum Gasteiger partial charge on any atom is 0.320 e. The molecule has 3 unspecified atom stereocenters. The quantitative estimate of drug-likeness (QED) is 0.568. The molecule has 1 aromatic carbocycles. The highest BCUT2D eigenvalue weighted by atomic mass is 31.2. The average Bonchev–Trinajstić information content (AvgIpc) is 2.85. The molecule has 1 saturated heterocycles. The Balaban J connectivity index is 2.28. The van der Waals surface area contributed by atoms with E-state index in [1.54, 1.807) is 18.2 Å². The van der Waals surface area contributed by atoms with E-state index in [1.165, 1.54) is 12.1 Å². The van der Waals surface area contributed by atoms with E-state index in [2.05, 4.69) is 5.32 Å². The molecule has 0 aliphatic carbocycles. The fourth-order valence-corrected chi connectivity index (χ4v) is 4.56. The molecule has 1 aromatic rings. The molecule has 1 fully saturated rings. The lowest BCUT2D eigenvalue weighted by atomic mass is 9.88. The summed E-state index contributed by atoms with van der Waals surface area (Å²) in [6, 6.07) is 6.79. The van der Waals surface area contributed by atoms with Crippen molar-refractivity contribution in [1.29, 1.82) is 0 Å². The molecule has 1 aliphatic rings. The molecule has 0 spiro atoms. The molecule has 3 atom stereocenters. The van der Waals surface area contributed by atoms with Crippen LogP contribution in [0.3, 0.4) is 0 Å². The molecule has 21 heavy (non-hydrogen) atoms. The normalized spacial score (nSPS) is 28.0. The molecule has 0 bridgehead atoms. The van der Waals surface area contributed by atoms with Gasteiger partial charge in [-0.25, -0.2) is 0 Å². The summed E-state index contributed by atoms with van der Waals surface area (Å²) < 4.78 is 12.5. The van der Waals surface area contributed by atoms with Crippen LogP contribution in [0.15, 0.2) is 30.3 Å². The van der Waals surface area contributed by atoms with Crippen LogP contribution < -0.4 is 10.6 Å². The SMILES string of the molecule is O=C(O)C1CC(CP(=O)(O)c2ccccc2)(C(=O)O)CN1. The Bertz CT molecular complexity index is 604. The largest absolute Gasteiger partial charge is 0.481 e. The molecule has 1 aliphatic heterocycles. The van der Waals surface area contributed by atoms with Crippen LogP contribution in [0.5, 0.6) is 0 Å². The number of hydrogen-bond donors (Lipinski definition) is 4. The van der Waals surface area contributed by atoms with Gasteiger partial charge in [0.05, 0.1) is 5.41 Å². The van der Waals surface area contributed by atoms with E-state index < -0.39 is 36.9 Å². The number of benzene rings is 1. The fraction of sp³-hybridized carbons (Fsp3) is 0.385.